The Labute approximate surface area is 203 Å². The Bertz CT molecular complexity index is 1340. The summed E-state index contributed by atoms with van der Waals surface area (Å²) in [4.78, 5) is 23.2. The number of nitrogens with zero attached hydrogens (tertiary/aromatic N) is 3. The Balaban J connectivity index is 1.83. The molecule has 0 saturated heterocycles. The van der Waals surface area contributed by atoms with Crippen LogP contribution in [0.4, 0.5) is 5.69 Å². The van der Waals surface area contributed by atoms with Gasteiger partial charge in [0.2, 0.25) is 10.0 Å². The van der Waals surface area contributed by atoms with Gasteiger partial charge in [0.25, 0.3) is 11.6 Å². The largest absolute Gasteiger partial charge is 0.496 e. The van der Waals surface area contributed by atoms with Crippen molar-refractivity contribution in [3.05, 3.63) is 99.6 Å². The number of hydrogen-bond acceptors (Lipinski definition) is 7. The number of rotatable bonds is 10. The van der Waals surface area contributed by atoms with E-state index in [-0.39, 0.29) is 22.7 Å². The second-order valence-electron chi connectivity index (χ2n) is 7.50. The van der Waals surface area contributed by atoms with Gasteiger partial charge in [-0.25, -0.2) is 13.8 Å². The number of para-hydroxylation sites is 1. The predicted molar refractivity (Wildman–Crippen MR) is 131 cm³/mol. The third kappa shape index (κ3) is 6.49. The molecule has 1 amide bonds. The molecule has 0 bridgehead atoms. The molecule has 0 heterocycles. The number of carbonyl (C=O) groups is 1. The Morgan fingerprint density at radius 3 is 2.46 bits per heavy atom. The van der Waals surface area contributed by atoms with Crippen molar-refractivity contribution in [3.8, 4) is 5.75 Å². The summed E-state index contributed by atoms with van der Waals surface area (Å²) in [6.45, 7) is 1.16. The molecule has 0 aliphatic heterocycles. The van der Waals surface area contributed by atoms with Crippen LogP contribution in [0.3, 0.4) is 0 Å². The van der Waals surface area contributed by atoms with Crippen molar-refractivity contribution in [2.24, 2.45) is 5.10 Å². The predicted octanol–water partition coefficient (Wildman–Crippen LogP) is 3.25. The van der Waals surface area contributed by atoms with E-state index in [2.05, 4.69) is 10.5 Å². The van der Waals surface area contributed by atoms with Crippen molar-refractivity contribution < 1.29 is 22.9 Å². The van der Waals surface area contributed by atoms with E-state index >= 15 is 0 Å². The van der Waals surface area contributed by atoms with E-state index in [1.54, 1.807) is 49.4 Å². The third-order valence-corrected chi connectivity index (χ3v) is 6.84. The van der Waals surface area contributed by atoms with E-state index < -0.39 is 27.4 Å². The zero-order valence-electron chi connectivity index (χ0n) is 19.1. The molecule has 1 N–H and O–H groups in total. The lowest BCUT2D eigenvalue weighted by atomic mass is 10.2. The van der Waals surface area contributed by atoms with Gasteiger partial charge in [0, 0.05) is 12.6 Å². The summed E-state index contributed by atoms with van der Waals surface area (Å²) in [5.74, 6) is -0.162. The minimum absolute atomic E-state index is 0.0166. The van der Waals surface area contributed by atoms with Gasteiger partial charge in [0.15, 0.2) is 0 Å². The topological polar surface area (TPSA) is 131 Å². The number of sulfonamides is 1. The summed E-state index contributed by atoms with van der Waals surface area (Å²) in [6.07, 6.45) is 1.14. The highest BCUT2D eigenvalue weighted by atomic mass is 32.2. The molecule has 3 aromatic carbocycles. The Morgan fingerprint density at radius 1 is 1.11 bits per heavy atom. The summed E-state index contributed by atoms with van der Waals surface area (Å²) in [5, 5.41) is 14.9. The average Bonchev–Trinajstić information content (AvgIpc) is 2.84. The van der Waals surface area contributed by atoms with Gasteiger partial charge >= 0.3 is 0 Å². The average molecular weight is 497 g/mol. The fourth-order valence-electron chi connectivity index (χ4n) is 3.31. The van der Waals surface area contributed by atoms with Gasteiger partial charge in [-0.2, -0.15) is 9.41 Å². The molecular weight excluding hydrogens is 472 g/mol. The Kier molecular flexibility index (Phi) is 8.29. The second kappa shape index (κ2) is 11.4. The number of carbonyl (C=O) groups excluding carboxylic acids is 1. The number of methoxy groups -OCH3 is 1. The fraction of sp³-hybridized carbons (Fsp3) is 0.167. The molecule has 3 rings (SSSR count). The number of benzene rings is 3. The molecule has 0 radical (unpaired) electrons. The lowest BCUT2D eigenvalue weighted by molar-refractivity contribution is -0.385. The summed E-state index contributed by atoms with van der Waals surface area (Å²) in [5.41, 5.74) is 3.59. The van der Waals surface area contributed by atoms with Gasteiger partial charge in [-0.05, 0) is 42.3 Å². The number of nitro benzene ring substituents is 1. The maximum Gasteiger partial charge on any atom is 0.278 e. The Morgan fingerprint density at radius 2 is 1.80 bits per heavy atom. The maximum absolute atomic E-state index is 13.4. The van der Waals surface area contributed by atoms with Gasteiger partial charge in [0.1, 0.15) is 5.75 Å². The molecule has 182 valence electrons. The smallest absolute Gasteiger partial charge is 0.278 e. The highest BCUT2D eigenvalue weighted by molar-refractivity contribution is 7.89. The van der Waals surface area contributed by atoms with Crippen molar-refractivity contribution in [2.45, 2.75) is 18.4 Å². The molecule has 0 spiro atoms. The lowest BCUT2D eigenvalue weighted by Crippen LogP contribution is -2.39. The first-order chi connectivity index (χ1) is 16.7. The van der Waals surface area contributed by atoms with Gasteiger partial charge in [-0.3, -0.25) is 14.9 Å². The van der Waals surface area contributed by atoms with Crippen LogP contribution in [0.1, 0.15) is 16.7 Å². The van der Waals surface area contributed by atoms with Gasteiger partial charge in [-0.15, -0.1) is 0 Å². The molecule has 11 heteroatoms. The summed E-state index contributed by atoms with van der Waals surface area (Å²) in [7, 11) is -2.57. The fourth-order valence-corrected chi connectivity index (χ4v) is 4.78. The van der Waals surface area contributed by atoms with Crippen LogP contribution in [-0.4, -0.2) is 43.4 Å². The summed E-state index contributed by atoms with van der Waals surface area (Å²) >= 11 is 0. The van der Waals surface area contributed by atoms with Crippen molar-refractivity contribution in [2.75, 3.05) is 13.7 Å². The molecule has 3 aromatic rings. The first-order valence-corrected chi connectivity index (χ1v) is 11.9. The standard InChI is InChI=1S/C24H24N4O6S/c1-18-14-21(12-13-23(18)34-2)35(32,33)27(16-19-8-4-3-5-9-19)17-24(29)26-25-15-20-10-6-7-11-22(20)28(30)31/h3-15H,16-17H2,1-2H3,(H,26,29). The lowest BCUT2D eigenvalue weighted by Gasteiger charge is -2.22. The minimum Gasteiger partial charge on any atom is -0.496 e. The highest BCUT2D eigenvalue weighted by Gasteiger charge is 2.27. The van der Waals surface area contributed by atoms with Gasteiger partial charge < -0.3 is 4.74 Å². The van der Waals surface area contributed by atoms with E-state index in [9.17, 15) is 23.3 Å². The molecule has 0 saturated carbocycles. The van der Waals surface area contributed by atoms with E-state index in [4.69, 9.17) is 4.74 Å². The summed E-state index contributed by atoms with van der Waals surface area (Å²) in [6, 6.07) is 19.2. The van der Waals surface area contributed by atoms with E-state index in [0.717, 1.165) is 10.5 Å². The van der Waals surface area contributed by atoms with Crippen molar-refractivity contribution >= 4 is 27.8 Å². The number of ether oxygens (including phenoxy) is 1. The molecule has 10 nitrogen and oxygen atoms in total. The highest BCUT2D eigenvalue weighted by Crippen LogP contribution is 2.25. The van der Waals surface area contributed by atoms with E-state index in [1.165, 1.54) is 37.4 Å². The van der Waals surface area contributed by atoms with Crippen LogP contribution in [0.15, 0.2) is 82.8 Å². The molecule has 0 unspecified atom stereocenters. The molecule has 0 fully saturated rings. The molecule has 0 aromatic heterocycles. The van der Waals surface area contributed by atoms with Crippen molar-refractivity contribution in [1.29, 1.82) is 0 Å². The van der Waals surface area contributed by atoms with E-state index in [1.807, 2.05) is 0 Å². The monoisotopic (exact) mass is 496 g/mol. The maximum atomic E-state index is 13.4. The van der Waals surface area contributed by atoms with Crippen LogP contribution in [0, 0.1) is 17.0 Å². The van der Waals surface area contributed by atoms with Crippen LogP contribution in [-0.2, 0) is 21.4 Å². The Hall–Kier alpha value is -4.09. The normalized spacial score (nSPS) is 11.5. The van der Waals surface area contributed by atoms with Crippen LogP contribution in [0.2, 0.25) is 0 Å². The zero-order valence-corrected chi connectivity index (χ0v) is 19.9. The van der Waals surface area contributed by atoms with Crippen LogP contribution >= 0.6 is 0 Å². The minimum atomic E-state index is -4.06. The molecule has 35 heavy (non-hydrogen) atoms. The first-order valence-electron chi connectivity index (χ1n) is 10.5. The SMILES string of the molecule is COc1ccc(S(=O)(=O)N(CC(=O)NN=Cc2ccccc2[N+](=O)[O-])Cc2ccccc2)cc1C. The van der Waals surface area contributed by atoms with E-state index in [0.29, 0.717) is 16.9 Å². The molecule has 0 aliphatic rings. The number of hydrazone groups is 1. The molecule has 0 atom stereocenters. The van der Waals surface area contributed by atoms with Crippen molar-refractivity contribution in [3.63, 3.8) is 0 Å². The second-order valence-corrected chi connectivity index (χ2v) is 9.44. The van der Waals surface area contributed by atoms with Gasteiger partial charge in [-0.1, -0.05) is 42.5 Å². The summed E-state index contributed by atoms with van der Waals surface area (Å²) < 4.78 is 33.1. The number of amides is 1. The number of nitrogens with one attached hydrogen (secondary N) is 1. The third-order valence-electron chi connectivity index (χ3n) is 5.05. The van der Waals surface area contributed by atoms with Crippen molar-refractivity contribution in [1.82, 2.24) is 9.73 Å². The molecular formula is C24H24N4O6S. The van der Waals surface area contributed by atoms with Crippen LogP contribution in [0.25, 0.3) is 0 Å². The van der Waals surface area contributed by atoms with Crippen LogP contribution < -0.4 is 10.2 Å². The quantitative estimate of drug-likeness (QED) is 0.260. The first kappa shape index (κ1) is 25.5. The van der Waals surface area contributed by atoms with Gasteiger partial charge in [0.05, 0.1) is 35.3 Å². The number of hydrogen-bond donors (Lipinski definition) is 1. The number of aryl methyl sites for hydroxylation is 1. The van der Waals surface area contributed by atoms with Crippen LogP contribution in [0.5, 0.6) is 5.75 Å². The number of nitro groups is 1. The zero-order chi connectivity index (χ0) is 25.4. The molecule has 0 aliphatic carbocycles.